The molecule has 0 spiro atoms. The van der Waals surface area contributed by atoms with Crippen LogP contribution in [0.25, 0.3) is 0 Å². The molecule has 2 heteroatoms. The number of rotatable bonds is 8. The van der Waals surface area contributed by atoms with E-state index in [4.69, 9.17) is 23.2 Å². The van der Waals surface area contributed by atoms with Gasteiger partial charge in [-0.15, -0.1) is 23.2 Å². The van der Waals surface area contributed by atoms with Gasteiger partial charge < -0.3 is 0 Å². The molecule has 0 rings (SSSR count). The van der Waals surface area contributed by atoms with E-state index in [2.05, 4.69) is 6.92 Å². The van der Waals surface area contributed by atoms with Gasteiger partial charge in [-0.3, -0.25) is 0 Å². The Morgan fingerprint density at radius 2 is 1.31 bits per heavy atom. The minimum absolute atomic E-state index is 0.510. The Kier molecular flexibility index (Phi) is 8.29. The monoisotopic (exact) mass is 224 g/mol. The molecule has 0 atom stereocenters. The Bertz CT molecular complexity index is 105. The largest absolute Gasteiger partial charge is 0.115 e. The lowest BCUT2D eigenvalue weighted by Crippen LogP contribution is -2.04. The van der Waals surface area contributed by atoms with E-state index in [0.717, 1.165) is 12.8 Å². The first-order chi connectivity index (χ1) is 6.06. The average Bonchev–Trinajstić information content (AvgIpc) is 2.01. The van der Waals surface area contributed by atoms with E-state index >= 15 is 0 Å². The summed E-state index contributed by atoms with van der Waals surface area (Å²) in [6, 6.07) is 0. The Morgan fingerprint density at radius 1 is 0.846 bits per heavy atom. The summed E-state index contributed by atoms with van der Waals surface area (Å²) in [7, 11) is 0. The smallest absolute Gasteiger partial charge is 0.102 e. The molecule has 0 saturated heterocycles. The fraction of sp³-hybridized carbons (Fsp3) is 1.00. The van der Waals surface area contributed by atoms with Gasteiger partial charge in [0.2, 0.25) is 0 Å². The standard InChI is InChI=1S/C11H22Cl2/c1-3-4-5-6-7-8-9-10-11(2,12)13/h3-10H2,1-2H3. The molecule has 0 fully saturated rings. The van der Waals surface area contributed by atoms with Gasteiger partial charge in [-0.25, -0.2) is 0 Å². The van der Waals surface area contributed by atoms with Crippen molar-refractivity contribution in [3.05, 3.63) is 0 Å². The number of hydrogen-bond donors (Lipinski definition) is 0. The predicted octanol–water partition coefficient (Wildman–Crippen LogP) is 5.32. The molecule has 0 amide bonds. The van der Waals surface area contributed by atoms with Gasteiger partial charge in [0.15, 0.2) is 0 Å². The first kappa shape index (κ1) is 13.6. The molecule has 0 bridgehead atoms. The van der Waals surface area contributed by atoms with Crippen LogP contribution in [0.15, 0.2) is 0 Å². The van der Waals surface area contributed by atoms with Crippen LogP contribution in [0.1, 0.15) is 65.2 Å². The highest BCUT2D eigenvalue weighted by Gasteiger charge is 2.14. The third-order valence-corrected chi connectivity index (χ3v) is 2.60. The quantitative estimate of drug-likeness (QED) is 0.387. The first-order valence-corrected chi connectivity index (χ1v) is 6.19. The highest BCUT2D eigenvalue weighted by atomic mass is 35.5. The number of unbranched alkanes of at least 4 members (excludes halogenated alkanes) is 6. The van der Waals surface area contributed by atoms with Crippen LogP contribution in [0.3, 0.4) is 0 Å². The molecule has 0 aliphatic carbocycles. The molecular formula is C11H22Cl2. The molecule has 0 aliphatic rings. The Balaban J connectivity index is 3.00. The maximum absolute atomic E-state index is 5.86. The van der Waals surface area contributed by atoms with Gasteiger partial charge in [-0.2, -0.15) is 0 Å². The molecule has 80 valence electrons. The number of halogens is 2. The zero-order chi connectivity index (χ0) is 10.2. The van der Waals surface area contributed by atoms with Crippen LogP contribution in [0.5, 0.6) is 0 Å². The molecule has 0 saturated carbocycles. The second-order valence-corrected chi connectivity index (χ2v) is 5.80. The predicted molar refractivity (Wildman–Crippen MR) is 62.7 cm³/mol. The van der Waals surface area contributed by atoms with E-state index < -0.39 is 4.33 Å². The molecule has 0 aromatic carbocycles. The van der Waals surface area contributed by atoms with Crippen molar-refractivity contribution < 1.29 is 0 Å². The summed E-state index contributed by atoms with van der Waals surface area (Å²) < 4.78 is -0.510. The highest BCUT2D eigenvalue weighted by molar-refractivity contribution is 6.48. The molecule has 0 N–H and O–H groups in total. The number of alkyl halides is 2. The minimum atomic E-state index is -0.510. The van der Waals surface area contributed by atoms with Crippen molar-refractivity contribution in [2.24, 2.45) is 0 Å². The molecule has 13 heavy (non-hydrogen) atoms. The van der Waals surface area contributed by atoms with Gasteiger partial charge in [0.05, 0.1) is 0 Å². The van der Waals surface area contributed by atoms with Gasteiger partial charge in [0.1, 0.15) is 4.33 Å². The Hall–Kier alpha value is 0.580. The Labute approximate surface area is 93.0 Å². The van der Waals surface area contributed by atoms with Crippen LogP contribution in [0.2, 0.25) is 0 Å². The van der Waals surface area contributed by atoms with E-state index in [0.29, 0.717) is 0 Å². The van der Waals surface area contributed by atoms with Crippen LogP contribution in [0.4, 0.5) is 0 Å². The second kappa shape index (κ2) is 7.94. The zero-order valence-electron chi connectivity index (χ0n) is 8.91. The lowest BCUT2D eigenvalue weighted by Gasteiger charge is -2.11. The molecule has 0 aromatic rings. The molecule has 0 heterocycles. The summed E-state index contributed by atoms with van der Waals surface area (Å²) >= 11 is 11.7. The van der Waals surface area contributed by atoms with Crippen molar-refractivity contribution in [2.75, 3.05) is 0 Å². The van der Waals surface area contributed by atoms with Crippen molar-refractivity contribution >= 4 is 23.2 Å². The van der Waals surface area contributed by atoms with Crippen molar-refractivity contribution in [1.29, 1.82) is 0 Å². The van der Waals surface area contributed by atoms with Crippen LogP contribution in [-0.2, 0) is 0 Å². The molecule has 0 radical (unpaired) electrons. The fourth-order valence-electron chi connectivity index (χ4n) is 1.39. The molecule has 0 unspecified atom stereocenters. The summed E-state index contributed by atoms with van der Waals surface area (Å²) in [6.07, 6.45) is 10.1. The topological polar surface area (TPSA) is 0 Å². The van der Waals surface area contributed by atoms with E-state index in [1.54, 1.807) is 0 Å². The summed E-state index contributed by atoms with van der Waals surface area (Å²) in [5.41, 5.74) is 0. The minimum Gasteiger partial charge on any atom is -0.102 e. The van der Waals surface area contributed by atoms with Gasteiger partial charge in [-0.1, -0.05) is 51.9 Å². The SMILES string of the molecule is CCCCCCCCCC(C)(Cl)Cl. The second-order valence-electron chi connectivity index (χ2n) is 3.94. The lowest BCUT2D eigenvalue weighted by molar-refractivity contribution is 0.564. The summed E-state index contributed by atoms with van der Waals surface area (Å²) in [6.45, 7) is 4.11. The highest BCUT2D eigenvalue weighted by Crippen LogP contribution is 2.26. The van der Waals surface area contributed by atoms with Gasteiger partial charge in [0, 0.05) is 0 Å². The van der Waals surface area contributed by atoms with Crippen LogP contribution in [-0.4, -0.2) is 4.33 Å². The van der Waals surface area contributed by atoms with Crippen molar-refractivity contribution in [3.8, 4) is 0 Å². The summed E-state index contributed by atoms with van der Waals surface area (Å²) in [4.78, 5) is 0. The van der Waals surface area contributed by atoms with Crippen LogP contribution in [0, 0.1) is 0 Å². The maximum Gasteiger partial charge on any atom is 0.115 e. The van der Waals surface area contributed by atoms with Crippen molar-refractivity contribution in [1.82, 2.24) is 0 Å². The molecule has 0 aliphatic heterocycles. The van der Waals surface area contributed by atoms with Crippen molar-refractivity contribution in [2.45, 2.75) is 69.5 Å². The maximum atomic E-state index is 5.86. The van der Waals surface area contributed by atoms with Gasteiger partial charge >= 0.3 is 0 Å². The van der Waals surface area contributed by atoms with E-state index in [1.165, 1.54) is 38.5 Å². The van der Waals surface area contributed by atoms with E-state index in [9.17, 15) is 0 Å². The van der Waals surface area contributed by atoms with E-state index in [-0.39, 0.29) is 0 Å². The molecule has 0 aromatic heterocycles. The summed E-state index contributed by atoms with van der Waals surface area (Å²) in [5, 5.41) is 0. The molecular weight excluding hydrogens is 203 g/mol. The van der Waals surface area contributed by atoms with E-state index in [1.807, 2.05) is 6.92 Å². The van der Waals surface area contributed by atoms with Crippen molar-refractivity contribution in [3.63, 3.8) is 0 Å². The lowest BCUT2D eigenvalue weighted by atomic mass is 10.1. The zero-order valence-corrected chi connectivity index (χ0v) is 10.4. The summed E-state index contributed by atoms with van der Waals surface area (Å²) in [5.74, 6) is 0. The Morgan fingerprint density at radius 3 is 1.77 bits per heavy atom. The normalized spacial score (nSPS) is 12.0. The third kappa shape index (κ3) is 12.6. The van der Waals surface area contributed by atoms with Crippen LogP contribution < -0.4 is 0 Å². The fourth-order valence-corrected chi connectivity index (χ4v) is 1.66. The third-order valence-electron chi connectivity index (χ3n) is 2.22. The van der Waals surface area contributed by atoms with Gasteiger partial charge in [-0.05, 0) is 13.3 Å². The van der Waals surface area contributed by atoms with Crippen LogP contribution >= 0.6 is 23.2 Å². The number of hydrogen-bond acceptors (Lipinski definition) is 0. The average molecular weight is 225 g/mol. The first-order valence-electron chi connectivity index (χ1n) is 5.44. The van der Waals surface area contributed by atoms with Gasteiger partial charge in [0.25, 0.3) is 0 Å². The molecule has 0 nitrogen and oxygen atoms in total.